The number of hydrogen-bond donors (Lipinski definition) is 2. The van der Waals surface area contributed by atoms with Crippen molar-refractivity contribution in [3.63, 3.8) is 0 Å². The van der Waals surface area contributed by atoms with Gasteiger partial charge in [0.1, 0.15) is 24.2 Å². The second kappa shape index (κ2) is 8.06. The van der Waals surface area contributed by atoms with Crippen LogP contribution in [0.15, 0.2) is 48.5 Å². The monoisotopic (exact) mass is 329 g/mol. The fraction of sp³-hybridized carbons (Fsp3) is 0.400. The molecule has 130 valence electrons. The summed E-state index contributed by atoms with van der Waals surface area (Å²) in [6.45, 7) is 7.15. The quantitative estimate of drug-likeness (QED) is 0.810. The van der Waals surface area contributed by atoms with E-state index in [-0.39, 0.29) is 12.0 Å². The molecule has 24 heavy (non-hydrogen) atoms. The molecule has 0 bridgehead atoms. The third kappa shape index (κ3) is 5.17. The molecular formula is C20H27NO3. The normalized spacial score (nSPS) is 12.5. The molecule has 1 atom stereocenters. The maximum atomic E-state index is 10.1. The topological polar surface area (TPSA) is 50.7 Å². The van der Waals surface area contributed by atoms with Crippen LogP contribution in [0.5, 0.6) is 11.5 Å². The van der Waals surface area contributed by atoms with Gasteiger partial charge >= 0.3 is 0 Å². The van der Waals surface area contributed by atoms with Gasteiger partial charge in [-0.25, -0.2) is 0 Å². The van der Waals surface area contributed by atoms with Crippen molar-refractivity contribution in [3.8, 4) is 11.5 Å². The Morgan fingerprint density at radius 2 is 1.71 bits per heavy atom. The highest BCUT2D eigenvalue weighted by atomic mass is 16.5. The van der Waals surface area contributed by atoms with Crippen molar-refractivity contribution in [2.45, 2.75) is 32.3 Å². The minimum Gasteiger partial charge on any atom is -0.495 e. The number of benzene rings is 2. The zero-order valence-corrected chi connectivity index (χ0v) is 14.9. The number of aliphatic hydroxyl groups is 1. The summed E-state index contributed by atoms with van der Waals surface area (Å²) in [6.07, 6.45) is -0.614. The number of anilines is 1. The van der Waals surface area contributed by atoms with Gasteiger partial charge in [0.2, 0.25) is 0 Å². The van der Waals surface area contributed by atoms with E-state index in [0.29, 0.717) is 6.54 Å². The summed E-state index contributed by atoms with van der Waals surface area (Å²) in [5.74, 6) is 1.52. The van der Waals surface area contributed by atoms with E-state index in [2.05, 4.69) is 38.2 Å². The summed E-state index contributed by atoms with van der Waals surface area (Å²) in [4.78, 5) is 0. The number of ether oxygens (including phenoxy) is 2. The van der Waals surface area contributed by atoms with Crippen LogP contribution in [-0.2, 0) is 5.41 Å². The fourth-order valence-electron chi connectivity index (χ4n) is 2.32. The zero-order chi connectivity index (χ0) is 17.6. The van der Waals surface area contributed by atoms with Gasteiger partial charge in [0, 0.05) is 6.54 Å². The van der Waals surface area contributed by atoms with Crippen LogP contribution in [0, 0.1) is 0 Å². The number of hydrogen-bond acceptors (Lipinski definition) is 4. The fourth-order valence-corrected chi connectivity index (χ4v) is 2.32. The van der Waals surface area contributed by atoms with Crippen molar-refractivity contribution in [3.05, 3.63) is 54.1 Å². The van der Waals surface area contributed by atoms with Crippen LogP contribution >= 0.6 is 0 Å². The summed E-state index contributed by atoms with van der Waals surface area (Å²) in [7, 11) is 1.63. The minimum absolute atomic E-state index is 0.122. The molecule has 2 N–H and O–H groups in total. The van der Waals surface area contributed by atoms with Gasteiger partial charge in [0.25, 0.3) is 0 Å². The van der Waals surface area contributed by atoms with Crippen molar-refractivity contribution in [1.82, 2.24) is 0 Å². The molecule has 0 radical (unpaired) electrons. The third-order valence-corrected chi connectivity index (χ3v) is 3.80. The molecule has 0 aliphatic carbocycles. The van der Waals surface area contributed by atoms with Crippen LogP contribution in [-0.4, -0.2) is 31.5 Å². The first-order valence-electron chi connectivity index (χ1n) is 8.18. The average Bonchev–Trinajstić information content (AvgIpc) is 2.58. The van der Waals surface area contributed by atoms with Crippen molar-refractivity contribution < 1.29 is 14.6 Å². The molecule has 0 saturated heterocycles. The average molecular weight is 329 g/mol. The van der Waals surface area contributed by atoms with Crippen LogP contribution in [0.4, 0.5) is 5.69 Å². The lowest BCUT2D eigenvalue weighted by Crippen LogP contribution is -2.26. The van der Waals surface area contributed by atoms with Gasteiger partial charge in [-0.15, -0.1) is 0 Å². The third-order valence-electron chi connectivity index (χ3n) is 3.80. The van der Waals surface area contributed by atoms with E-state index in [1.807, 2.05) is 36.4 Å². The summed E-state index contributed by atoms with van der Waals surface area (Å²) in [6, 6.07) is 15.6. The Morgan fingerprint density at radius 1 is 1.04 bits per heavy atom. The van der Waals surface area contributed by atoms with Crippen molar-refractivity contribution in [2.24, 2.45) is 0 Å². The Morgan fingerprint density at radius 3 is 2.33 bits per heavy atom. The first-order valence-corrected chi connectivity index (χ1v) is 8.18. The highest BCUT2D eigenvalue weighted by Gasteiger charge is 2.13. The SMILES string of the molecule is COc1ccccc1NC[C@H](O)COc1ccc(C(C)(C)C)cc1. The second-order valence-electron chi connectivity index (χ2n) is 6.82. The second-order valence-corrected chi connectivity index (χ2v) is 6.82. The van der Waals surface area contributed by atoms with Crippen LogP contribution in [0.1, 0.15) is 26.3 Å². The number of para-hydroxylation sites is 2. The summed E-state index contributed by atoms with van der Waals surface area (Å²) < 4.78 is 10.9. The summed E-state index contributed by atoms with van der Waals surface area (Å²) in [5, 5.41) is 13.3. The van der Waals surface area contributed by atoms with Gasteiger partial charge in [-0.1, -0.05) is 45.0 Å². The van der Waals surface area contributed by atoms with Gasteiger partial charge < -0.3 is 19.9 Å². The molecule has 4 nitrogen and oxygen atoms in total. The van der Waals surface area contributed by atoms with Gasteiger partial charge in [0.05, 0.1) is 12.8 Å². The van der Waals surface area contributed by atoms with E-state index in [9.17, 15) is 5.11 Å². The molecule has 2 aromatic carbocycles. The number of methoxy groups -OCH3 is 1. The van der Waals surface area contributed by atoms with E-state index in [1.54, 1.807) is 7.11 Å². The highest BCUT2D eigenvalue weighted by molar-refractivity contribution is 5.56. The highest BCUT2D eigenvalue weighted by Crippen LogP contribution is 2.25. The molecule has 0 spiro atoms. The lowest BCUT2D eigenvalue weighted by molar-refractivity contribution is 0.117. The first-order chi connectivity index (χ1) is 11.4. The van der Waals surface area contributed by atoms with Gasteiger partial charge in [-0.05, 0) is 35.2 Å². The first kappa shape index (κ1) is 18.1. The maximum absolute atomic E-state index is 10.1. The minimum atomic E-state index is -0.614. The van der Waals surface area contributed by atoms with Crippen molar-refractivity contribution in [1.29, 1.82) is 0 Å². The zero-order valence-electron chi connectivity index (χ0n) is 14.9. The largest absolute Gasteiger partial charge is 0.495 e. The van der Waals surface area contributed by atoms with Crippen LogP contribution in [0.3, 0.4) is 0 Å². The van der Waals surface area contributed by atoms with E-state index in [4.69, 9.17) is 9.47 Å². The molecular weight excluding hydrogens is 302 g/mol. The van der Waals surface area contributed by atoms with E-state index in [1.165, 1.54) is 5.56 Å². The molecule has 0 saturated carbocycles. The summed E-state index contributed by atoms with van der Waals surface area (Å²) >= 11 is 0. The standard InChI is InChI=1S/C20H27NO3/c1-20(2,3)15-9-11-17(12-10-15)24-14-16(22)13-21-18-7-5-6-8-19(18)23-4/h5-12,16,21-22H,13-14H2,1-4H3/t16-/m0/s1. The Bertz CT molecular complexity index is 632. The number of nitrogens with one attached hydrogen (secondary N) is 1. The van der Waals surface area contributed by atoms with Crippen molar-refractivity contribution in [2.75, 3.05) is 25.6 Å². The van der Waals surface area contributed by atoms with E-state index < -0.39 is 6.10 Å². The Kier molecular flexibility index (Phi) is 6.10. The van der Waals surface area contributed by atoms with Gasteiger partial charge in [-0.3, -0.25) is 0 Å². The Hall–Kier alpha value is -2.20. The molecule has 0 aromatic heterocycles. The molecule has 0 fully saturated rings. The Balaban J connectivity index is 1.82. The molecule has 0 unspecified atom stereocenters. The van der Waals surface area contributed by atoms with E-state index >= 15 is 0 Å². The smallest absolute Gasteiger partial charge is 0.141 e. The predicted octanol–water partition coefficient (Wildman–Crippen LogP) is 3.84. The number of rotatable bonds is 7. The molecule has 4 heteroatoms. The van der Waals surface area contributed by atoms with Crippen LogP contribution < -0.4 is 14.8 Å². The van der Waals surface area contributed by atoms with E-state index in [0.717, 1.165) is 17.2 Å². The molecule has 2 rings (SSSR count). The van der Waals surface area contributed by atoms with Gasteiger partial charge in [-0.2, -0.15) is 0 Å². The molecule has 0 amide bonds. The lowest BCUT2D eigenvalue weighted by Gasteiger charge is -2.19. The molecule has 0 aliphatic rings. The Labute approximate surface area is 144 Å². The molecule has 2 aromatic rings. The summed E-state index contributed by atoms with van der Waals surface area (Å²) in [5.41, 5.74) is 2.23. The number of aliphatic hydroxyl groups excluding tert-OH is 1. The molecule has 0 heterocycles. The van der Waals surface area contributed by atoms with Crippen LogP contribution in [0.2, 0.25) is 0 Å². The molecule has 0 aliphatic heterocycles. The maximum Gasteiger partial charge on any atom is 0.141 e. The predicted molar refractivity (Wildman–Crippen MR) is 98.1 cm³/mol. The van der Waals surface area contributed by atoms with Crippen molar-refractivity contribution >= 4 is 5.69 Å². The van der Waals surface area contributed by atoms with Crippen LogP contribution in [0.25, 0.3) is 0 Å². The lowest BCUT2D eigenvalue weighted by atomic mass is 9.87. The van der Waals surface area contributed by atoms with Gasteiger partial charge in [0.15, 0.2) is 0 Å².